The van der Waals surface area contributed by atoms with Gasteiger partial charge in [0.05, 0.1) is 12.0 Å². The highest BCUT2D eigenvalue weighted by atomic mass is 16.3. The van der Waals surface area contributed by atoms with Crippen molar-refractivity contribution >= 4 is 11.6 Å². The monoisotopic (exact) mass is 326 g/mol. The van der Waals surface area contributed by atoms with Crippen molar-refractivity contribution in [2.45, 2.75) is 25.4 Å². The van der Waals surface area contributed by atoms with E-state index in [0.29, 0.717) is 0 Å². The maximum absolute atomic E-state index is 12.4. The molecule has 2 aromatic rings. The lowest BCUT2D eigenvalue weighted by atomic mass is 9.95. The van der Waals surface area contributed by atoms with Crippen molar-refractivity contribution in [1.82, 2.24) is 5.32 Å². The minimum absolute atomic E-state index is 0.0485. The molecule has 128 valence electrons. The summed E-state index contributed by atoms with van der Waals surface area (Å²) in [5.74, 6) is -0.234. The van der Waals surface area contributed by atoms with Crippen LogP contribution in [0.25, 0.3) is 0 Å². The molecular weight excluding hydrogens is 300 g/mol. The summed E-state index contributed by atoms with van der Waals surface area (Å²) < 4.78 is 0. The zero-order valence-corrected chi connectivity index (χ0v) is 14.6. The van der Waals surface area contributed by atoms with Gasteiger partial charge in [-0.25, -0.2) is 0 Å². The fourth-order valence-corrected chi connectivity index (χ4v) is 2.69. The Labute approximate surface area is 144 Å². The molecule has 0 heterocycles. The molecule has 2 aromatic carbocycles. The van der Waals surface area contributed by atoms with Gasteiger partial charge in [-0.2, -0.15) is 0 Å². The molecule has 2 atom stereocenters. The van der Waals surface area contributed by atoms with Gasteiger partial charge in [-0.1, -0.05) is 49.4 Å². The average molecular weight is 326 g/mol. The standard InChI is InChI=1S/C20H26N2O2/c1-4-18(15-8-6-5-7-9-15)20(24)21-14-19(23)16-10-12-17(13-11-16)22(2)3/h5-13,18-19,23H,4,14H2,1-3H3,(H,21,24)/t18-,19-/m0/s1. The van der Waals surface area contributed by atoms with Crippen LogP contribution in [0.5, 0.6) is 0 Å². The van der Waals surface area contributed by atoms with Gasteiger partial charge in [0.1, 0.15) is 0 Å². The topological polar surface area (TPSA) is 52.6 Å². The van der Waals surface area contributed by atoms with Crippen LogP contribution in [0, 0.1) is 0 Å². The van der Waals surface area contributed by atoms with Crippen molar-refractivity contribution in [2.24, 2.45) is 0 Å². The minimum atomic E-state index is -0.710. The molecule has 1 amide bonds. The van der Waals surface area contributed by atoms with Crippen LogP contribution >= 0.6 is 0 Å². The molecule has 0 aliphatic carbocycles. The fraction of sp³-hybridized carbons (Fsp3) is 0.350. The Morgan fingerprint density at radius 3 is 2.21 bits per heavy atom. The molecule has 24 heavy (non-hydrogen) atoms. The van der Waals surface area contributed by atoms with Crippen LogP contribution in [0.3, 0.4) is 0 Å². The van der Waals surface area contributed by atoms with Crippen molar-refractivity contribution in [3.8, 4) is 0 Å². The zero-order chi connectivity index (χ0) is 17.5. The van der Waals surface area contributed by atoms with Gasteiger partial charge in [-0.3, -0.25) is 4.79 Å². The summed E-state index contributed by atoms with van der Waals surface area (Å²) in [4.78, 5) is 14.4. The first-order valence-electron chi connectivity index (χ1n) is 8.31. The van der Waals surface area contributed by atoms with Crippen LogP contribution in [0.1, 0.15) is 36.5 Å². The Kier molecular flexibility index (Phi) is 6.38. The lowest BCUT2D eigenvalue weighted by molar-refractivity contribution is -0.123. The van der Waals surface area contributed by atoms with E-state index in [9.17, 15) is 9.90 Å². The van der Waals surface area contributed by atoms with E-state index in [1.807, 2.05) is 80.5 Å². The van der Waals surface area contributed by atoms with Gasteiger partial charge >= 0.3 is 0 Å². The molecule has 0 unspecified atom stereocenters. The third-order valence-corrected chi connectivity index (χ3v) is 4.19. The summed E-state index contributed by atoms with van der Waals surface area (Å²) in [5, 5.41) is 13.2. The van der Waals surface area contributed by atoms with Crippen LogP contribution in [0.15, 0.2) is 54.6 Å². The van der Waals surface area contributed by atoms with Crippen LogP contribution in [-0.2, 0) is 4.79 Å². The Bertz CT molecular complexity index is 638. The number of anilines is 1. The predicted octanol–water partition coefficient (Wildman–Crippen LogP) is 3.10. The molecule has 0 saturated carbocycles. The van der Waals surface area contributed by atoms with Gasteiger partial charge in [-0.15, -0.1) is 0 Å². The number of carbonyl (C=O) groups is 1. The molecule has 2 rings (SSSR count). The molecule has 0 saturated heterocycles. The van der Waals surface area contributed by atoms with Gasteiger partial charge in [0.2, 0.25) is 5.91 Å². The number of carbonyl (C=O) groups excluding carboxylic acids is 1. The van der Waals surface area contributed by atoms with E-state index in [1.165, 1.54) is 0 Å². The molecule has 0 spiro atoms. The van der Waals surface area contributed by atoms with Gasteiger partial charge < -0.3 is 15.3 Å². The summed E-state index contributed by atoms with van der Waals surface area (Å²) in [6.45, 7) is 2.21. The Hall–Kier alpha value is -2.33. The molecule has 0 aliphatic heterocycles. The smallest absolute Gasteiger partial charge is 0.227 e. The number of hydrogen-bond acceptors (Lipinski definition) is 3. The first-order valence-corrected chi connectivity index (χ1v) is 8.31. The molecule has 0 aliphatic rings. The van der Waals surface area contributed by atoms with E-state index in [4.69, 9.17) is 0 Å². The largest absolute Gasteiger partial charge is 0.387 e. The number of nitrogens with zero attached hydrogens (tertiary/aromatic N) is 1. The lowest BCUT2D eigenvalue weighted by Crippen LogP contribution is -2.32. The number of hydrogen-bond donors (Lipinski definition) is 2. The summed E-state index contributed by atoms with van der Waals surface area (Å²) in [7, 11) is 3.94. The third kappa shape index (κ3) is 4.59. The number of nitrogens with one attached hydrogen (secondary N) is 1. The van der Waals surface area contributed by atoms with Crippen LogP contribution < -0.4 is 10.2 Å². The number of aliphatic hydroxyl groups is 1. The quantitative estimate of drug-likeness (QED) is 0.822. The van der Waals surface area contributed by atoms with Gasteiger partial charge in [-0.05, 0) is 29.7 Å². The molecule has 0 fully saturated rings. The first kappa shape index (κ1) is 18.0. The SMILES string of the molecule is CC[C@H](C(=O)NC[C@H](O)c1ccc(N(C)C)cc1)c1ccccc1. The van der Waals surface area contributed by atoms with Crippen LogP contribution in [0.2, 0.25) is 0 Å². The van der Waals surface area contributed by atoms with Crippen LogP contribution in [0.4, 0.5) is 5.69 Å². The normalized spacial score (nSPS) is 13.2. The van der Waals surface area contributed by atoms with Gasteiger partial charge in [0.25, 0.3) is 0 Å². The van der Waals surface area contributed by atoms with Crippen molar-refractivity contribution in [1.29, 1.82) is 0 Å². The predicted molar refractivity (Wildman–Crippen MR) is 98.2 cm³/mol. The van der Waals surface area contributed by atoms with E-state index in [2.05, 4.69) is 5.32 Å². The number of benzene rings is 2. The highest BCUT2D eigenvalue weighted by molar-refractivity contribution is 5.83. The highest BCUT2D eigenvalue weighted by Crippen LogP contribution is 2.20. The molecule has 4 heteroatoms. The molecule has 4 nitrogen and oxygen atoms in total. The van der Waals surface area contributed by atoms with Gasteiger partial charge in [0, 0.05) is 26.3 Å². The summed E-state index contributed by atoms with van der Waals surface area (Å²) >= 11 is 0. The Morgan fingerprint density at radius 2 is 1.67 bits per heavy atom. The average Bonchev–Trinajstić information content (AvgIpc) is 2.61. The second-order valence-electron chi connectivity index (χ2n) is 6.12. The zero-order valence-electron chi connectivity index (χ0n) is 14.6. The lowest BCUT2D eigenvalue weighted by Gasteiger charge is -2.18. The first-order chi connectivity index (χ1) is 11.5. The van der Waals surface area contributed by atoms with Crippen molar-refractivity contribution < 1.29 is 9.90 Å². The molecule has 2 N–H and O–H groups in total. The molecular formula is C20H26N2O2. The number of amides is 1. The summed E-state index contributed by atoms with van der Waals surface area (Å²) in [5.41, 5.74) is 2.88. The Morgan fingerprint density at radius 1 is 1.04 bits per heavy atom. The highest BCUT2D eigenvalue weighted by Gasteiger charge is 2.19. The molecule has 0 radical (unpaired) electrons. The summed E-state index contributed by atoms with van der Waals surface area (Å²) in [6.07, 6.45) is 0.0159. The summed E-state index contributed by atoms with van der Waals surface area (Å²) in [6, 6.07) is 17.4. The van der Waals surface area contributed by atoms with Crippen molar-refractivity contribution in [3.05, 3.63) is 65.7 Å². The maximum atomic E-state index is 12.4. The van der Waals surface area contributed by atoms with E-state index < -0.39 is 6.10 Å². The second kappa shape index (κ2) is 8.50. The number of aliphatic hydroxyl groups excluding tert-OH is 1. The molecule has 0 aromatic heterocycles. The van der Waals surface area contributed by atoms with Crippen LogP contribution in [-0.4, -0.2) is 31.7 Å². The Balaban J connectivity index is 1.95. The van der Waals surface area contributed by atoms with Crippen molar-refractivity contribution in [2.75, 3.05) is 25.5 Å². The van der Waals surface area contributed by atoms with Crippen molar-refractivity contribution in [3.63, 3.8) is 0 Å². The van der Waals surface area contributed by atoms with E-state index in [1.54, 1.807) is 0 Å². The second-order valence-corrected chi connectivity index (χ2v) is 6.12. The molecule has 0 bridgehead atoms. The third-order valence-electron chi connectivity index (χ3n) is 4.19. The van der Waals surface area contributed by atoms with Gasteiger partial charge in [0.15, 0.2) is 0 Å². The number of rotatable bonds is 7. The fourth-order valence-electron chi connectivity index (χ4n) is 2.69. The van der Waals surface area contributed by atoms with E-state index in [-0.39, 0.29) is 18.4 Å². The van der Waals surface area contributed by atoms with E-state index >= 15 is 0 Å². The van der Waals surface area contributed by atoms with E-state index in [0.717, 1.165) is 23.2 Å². The minimum Gasteiger partial charge on any atom is -0.387 e. The maximum Gasteiger partial charge on any atom is 0.227 e.